The molecule has 236 valence electrons. The summed E-state index contributed by atoms with van der Waals surface area (Å²) in [5.74, 6) is 1.90. The van der Waals surface area contributed by atoms with Gasteiger partial charge in [0.1, 0.15) is 0 Å². The number of para-hydroxylation sites is 1. The van der Waals surface area contributed by atoms with Crippen molar-refractivity contribution in [3.8, 4) is 51.0 Å². The number of aromatic nitrogens is 4. The van der Waals surface area contributed by atoms with Gasteiger partial charge in [0.2, 0.25) is 5.95 Å². The Morgan fingerprint density at radius 3 is 1.60 bits per heavy atom. The van der Waals surface area contributed by atoms with Crippen LogP contribution in [0.4, 0.5) is 0 Å². The van der Waals surface area contributed by atoms with Crippen molar-refractivity contribution < 1.29 is 0 Å². The van der Waals surface area contributed by atoms with E-state index in [9.17, 15) is 0 Å². The molecule has 2 aromatic heterocycles. The Morgan fingerprint density at radius 1 is 0.420 bits per heavy atom. The molecular weight excluding hydrogens is 609 g/mol. The molecule has 0 aliphatic heterocycles. The fourth-order valence-corrected chi connectivity index (χ4v) is 8.01. The lowest BCUT2D eigenvalue weighted by Gasteiger charge is -2.23. The molecule has 4 heteroatoms. The lowest BCUT2D eigenvalue weighted by molar-refractivity contribution is 0.661. The summed E-state index contributed by atoms with van der Waals surface area (Å²) in [5.41, 5.74) is 11.6. The molecule has 0 spiro atoms. The summed E-state index contributed by atoms with van der Waals surface area (Å²) in [6, 6.07) is 55.9. The van der Waals surface area contributed by atoms with E-state index in [-0.39, 0.29) is 5.41 Å². The molecule has 0 bridgehead atoms. The van der Waals surface area contributed by atoms with Gasteiger partial charge in [-0.05, 0) is 68.4 Å². The fourth-order valence-electron chi connectivity index (χ4n) is 8.01. The van der Waals surface area contributed by atoms with Crippen LogP contribution in [-0.2, 0) is 5.41 Å². The normalized spacial score (nSPS) is 13.2. The molecule has 0 fully saturated rings. The quantitative estimate of drug-likeness (QED) is 0.192. The van der Waals surface area contributed by atoms with Gasteiger partial charge >= 0.3 is 0 Å². The molecule has 0 unspecified atom stereocenters. The summed E-state index contributed by atoms with van der Waals surface area (Å²) < 4.78 is 2.23. The third kappa shape index (κ3) is 4.21. The summed E-state index contributed by atoms with van der Waals surface area (Å²) in [4.78, 5) is 15.3. The van der Waals surface area contributed by atoms with E-state index in [1.807, 2.05) is 36.4 Å². The van der Waals surface area contributed by atoms with Crippen molar-refractivity contribution in [3.63, 3.8) is 0 Å². The van der Waals surface area contributed by atoms with E-state index < -0.39 is 0 Å². The molecular formula is C46H32N4. The van der Waals surface area contributed by atoms with Crippen LogP contribution in [-0.4, -0.2) is 19.5 Å². The molecule has 0 saturated carbocycles. The third-order valence-corrected chi connectivity index (χ3v) is 10.4. The second-order valence-electron chi connectivity index (χ2n) is 13.7. The summed E-state index contributed by atoms with van der Waals surface area (Å²) in [7, 11) is 0. The van der Waals surface area contributed by atoms with Gasteiger partial charge in [-0.15, -0.1) is 0 Å². The molecule has 2 heterocycles. The van der Waals surface area contributed by atoms with Crippen LogP contribution in [0.2, 0.25) is 0 Å². The monoisotopic (exact) mass is 640 g/mol. The molecule has 0 saturated heterocycles. The topological polar surface area (TPSA) is 43.6 Å². The minimum absolute atomic E-state index is 0.239. The number of nitrogens with zero attached hydrogens (tertiary/aromatic N) is 4. The molecule has 10 rings (SSSR count). The number of rotatable bonds is 4. The second-order valence-corrected chi connectivity index (χ2v) is 13.7. The number of benzene rings is 7. The first-order valence-corrected chi connectivity index (χ1v) is 17.1. The van der Waals surface area contributed by atoms with Crippen molar-refractivity contribution in [1.29, 1.82) is 0 Å². The van der Waals surface area contributed by atoms with Gasteiger partial charge in [0.25, 0.3) is 0 Å². The van der Waals surface area contributed by atoms with Crippen molar-refractivity contribution in [2.75, 3.05) is 0 Å². The van der Waals surface area contributed by atoms with Gasteiger partial charge in [0.15, 0.2) is 11.6 Å². The molecule has 0 N–H and O–H groups in total. The van der Waals surface area contributed by atoms with E-state index >= 15 is 0 Å². The Bertz CT molecular complexity index is 2710. The lowest BCUT2D eigenvalue weighted by Crippen LogP contribution is -2.15. The van der Waals surface area contributed by atoms with Crippen molar-refractivity contribution in [2.45, 2.75) is 19.3 Å². The average molecular weight is 641 g/mol. The van der Waals surface area contributed by atoms with E-state index in [1.54, 1.807) is 0 Å². The van der Waals surface area contributed by atoms with Gasteiger partial charge in [-0.1, -0.05) is 147 Å². The maximum Gasteiger partial charge on any atom is 0.238 e. The standard InChI is InChI=1S/C46H32N4/c1-46(2)38-28-41-36(26-37(38)42-34-24-13-12-22-32(34)35(27-39(42)46)29-16-6-3-7-17-29)33-23-14-15-25-40(33)50(41)45-48-43(30-18-8-4-9-19-30)47-44(49-45)31-20-10-5-11-21-31/h3-28H,1-2H3. The van der Waals surface area contributed by atoms with E-state index in [0.29, 0.717) is 17.6 Å². The molecule has 0 atom stereocenters. The van der Waals surface area contributed by atoms with Crippen LogP contribution < -0.4 is 0 Å². The largest absolute Gasteiger partial charge is 0.278 e. The first-order chi connectivity index (χ1) is 24.6. The highest BCUT2D eigenvalue weighted by Crippen LogP contribution is 2.54. The van der Waals surface area contributed by atoms with Crippen LogP contribution in [0.1, 0.15) is 25.0 Å². The third-order valence-electron chi connectivity index (χ3n) is 10.4. The zero-order valence-electron chi connectivity index (χ0n) is 27.8. The maximum atomic E-state index is 5.17. The van der Waals surface area contributed by atoms with Crippen molar-refractivity contribution in [2.24, 2.45) is 0 Å². The predicted molar refractivity (Wildman–Crippen MR) is 206 cm³/mol. The summed E-state index contributed by atoms with van der Waals surface area (Å²) >= 11 is 0. The summed E-state index contributed by atoms with van der Waals surface area (Å²) in [6.07, 6.45) is 0. The lowest BCUT2D eigenvalue weighted by atomic mass is 9.80. The molecule has 7 aromatic carbocycles. The Labute approximate surface area is 290 Å². The maximum absolute atomic E-state index is 5.17. The van der Waals surface area contributed by atoms with Crippen LogP contribution in [0.25, 0.3) is 83.6 Å². The highest BCUT2D eigenvalue weighted by atomic mass is 15.2. The van der Waals surface area contributed by atoms with Gasteiger partial charge in [-0.3, -0.25) is 4.57 Å². The average Bonchev–Trinajstić information content (AvgIpc) is 3.62. The molecule has 0 radical (unpaired) electrons. The van der Waals surface area contributed by atoms with Gasteiger partial charge in [0.05, 0.1) is 11.0 Å². The van der Waals surface area contributed by atoms with E-state index in [4.69, 9.17) is 15.0 Å². The number of hydrogen-bond donors (Lipinski definition) is 0. The summed E-state index contributed by atoms with van der Waals surface area (Å²) in [6.45, 7) is 4.73. The summed E-state index contributed by atoms with van der Waals surface area (Å²) in [5, 5.41) is 4.92. The number of hydrogen-bond acceptors (Lipinski definition) is 3. The zero-order valence-corrected chi connectivity index (χ0v) is 27.8. The first-order valence-electron chi connectivity index (χ1n) is 17.1. The molecule has 1 aliphatic carbocycles. The van der Waals surface area contributed by atoms with Gasteiger partial charge in [-0.2, -0.15) is 9.97 Å². The van der Waals surface area contributed by atoms with E-state index in [2.05, 4.69) is 140 Å². The Morgan fingerprint density at radius 2 is 0.960 bits per heavy atom. The van der Waals surface area contributed by atoms with Gasteiger partial charge in [0, 0.05) is 27.3 Å². The highest BCUT2D eigenvalue weighted by molar-refractivity contribution is 6.15. The first kappa shape index (κ1) is 28.6. The molecule has 9 aromatic rings. The Balaban J connectivity index is 1.27. The number of fused-ring (bicyclic) bond motifs is 8. The molecule has 4 nitrogen and oxygen atoms in total. The fraction of sp³-hybridized carbons (Fsp3) is 0.0652. The predicted octanol–water partition coefficient (Wildman–Crippen LogP) is 11.4. The van der Waals surface area contributed by atoms with Crippen LogP contribution in [0, 0.1) is 0 Å². The van der Waals surface area contributed by atoms with Gasteiger partial charge in [-0.25, -0.2) is 4.98 Å². The van der Waals surface area contributed by atoms with Crippen LogP contribution in [0.3, 0.4) is 0 Å². The van der Waals surface area contributed by atoms with Crippen LogP contribution in [0.15, 0.2) is 158 Å². The smallest absolute Gasteiger partial charge is 0.238 e. The Kier molecular flexibility index (Phi) is 6.19. The SMILES string of the molecule is CC1(C)c2cc3c(cc2-c2c1cc(-c1ccccc1)c1ccccc21)c1ccccc1n3-c1nc(-c2ccccc2)nc(-c2ccccc2)n1. The molecule has 0 amide bonds. The van der Waals surface area contributed by atoms with Crippen LogP contribution in [0.5, 0.6) is 0 Å². The molecule has 1 aliphatic rings. The van der Waals surface area contributed by atoms with Crippen molar-refractivity contribution in [1.82, 2.24) is 19.5 Å². The Hall–Kier alpha value is -6.39. The minimum atomic E-state index is -0.239. The van der Waals surface area contributed by atoms with Gasteiger partial charge < -0.3 is 0 Å². The molecule has 50 heavy (non-hydrogen) atoms. The second kappa shape index (κ2) is 10.8. The van der Waals surface area contributed by atoms with Crippen molar-refractivity contribution in [3.05, 3.63) is 169 Å². The van der Waals surface area contributed by atoms with E-state index in [1.165, 1.54) is 54.9 Å². The zero-order chi connectivity index (χ0) is 33.4. The van der Waals surface area contributed by atoms with Crippen molar-refractivity contribution >= 4 is 32.6 Å². The highest BCUT2D eigenvalue weighted by Gasteiger charge is 2.38. The van der Waals surface area contributed by atoms with Crippen LogP contribution >= 0.6 is 0 Å². The van der Waals surface area contributed by atoms with E-state index in [0.717, 1.165) is 22.2 Å². The minimum Gasteiger partial charge on any atom is -0.278 e.